The molecule has 0 saturated carbocycles. The van der Waals surface area contributed by atoms with Crippen LogP contribution in [0, 0.1) is 6.92 Å². The molecule has 9 heteroatoms. The average molecular weight is 423 g/mol. The molecule has 0 bridgehead atoms. The first-order valence-corrected chi connectivity index (χ1v) is 10.3. The summed E-state index contributed by atoms with van der Waals surface area (Å²) in [6, 6.07) is 5.72. The summed E-state index contributed by atoms with van der Waals surface area (Å²) in [5, 5.41) is 3.29. The molecular weight excluding hydrogens is 400 g/mol. The maximum absolute atomic E-state index is 12.8. The van der Waals surface area contributed by atoms with Crippen LogP contribution in [0.25, 0.3) is 11.3 Å². The number of carbonyl (C=O) groups excluding carboxylic acids is 2. The molecule has 2 aromatic rings. The Morgan fingerprint density at radius 2 is 2.03 bits per heavy atom. The molecule has 6 nitrogen and oxygen atoms in total. The van der Waals surface area contributed by atoms with E-state index in [2.05, 4.69) is 15.0 Å². The molecule has 0 spiro atoms. The lowest BCUT2D eigenvalue weighted by molar-refractivity contribution is -0.140. The first kappa shape index (κ1) is 21.2. The van der Waals surface area contributed by atoms with Crippen LogP contribution >= 0.6 is 11.3 Å². The highest BCUT2D eigenvalue weighted by Crippen LogP contribution is 2.32. The van der Waals surface area contributed by atoms with Crippen LogP contribution in [0.4, 0.5) is 13.9 Å². The normalized spacial score (nSPS) is 16.7. The number of thiazole rings is 1. The topological polar surface area (TPSA) is 71.5 Å². The third kappa shape index (κ3) is 5.09. The average Bonchev–Trinajstić information content (AvgIpc) is 3.07. The van der Waals surface area contributed by atoms with Crippen LogP contribution in [-0.4, -0.2) is 40.9 Å². The van der Waals surface area contributed by atoms with Gasteiger partial charge in [0.05, 0.1) is 5.69 Å². The summed E-state index contributed by atoms with van der Waals surface area (Å²) >= 11 is 1.33. The second kappa shape index (κ2) is 9.30. The number of nitrogens with one attached hydrogen (secondary N) is 1. The lowest BCUT2D eigenvalue weighted by Crippen LogP contribution is -2.49. The maximum atomic E-state index is 12.8. The number of hydrogen-bond donors (Lipinski definition) is 1. The Morgan fingerprint density at radius 3 is 2.69 bits per heavy atom. The van der Waals surface area contributed by atoms with Crippen molar-refractivity contribution in [1.82, 2.24) is 9.88 Å². The van der Waals surface area contributed by atoms with E-state index in [4.69, 9.17) is 0 Å². The number of ether oxygens (including phenoxy) is 1. The SMILES string of the molecule is CCC(=O)N1CCCCC1C(=O)Nc1nc(-c2ccc(OC(F)F)cc2)c(C)s1. The van der Waals surface area contributed by atoms with Crippen LogP contribution in [0.15, 0.2) is 24.3 Å². The summed E-state index contributed by atoms with van der Waals surface area (Å²) in [5.74, 6) is -0.178. The Bertz CT molecular complexity index is 870. The molecule has 156 valence electrons. The van der Waals surface area contributed by atoms with Gasteiger partial charge in [-0.05, 0) is 50.5 Å². The zero-order valence-electron chi connectivity index (χ0n) is 16.3. The Balaban J connectivity index is 1.72. The summed E-state index contributed by atoms with van der Waals surface area (Å²) < 4.78 is 28.9. The molecule has 0 radical (unpaired) electrons. The number of anilines is 1. The predicted molar refractivity (Wildman–Crippen MR) is 107 cm³/mol. The minimum atomic E-state index is -2.87. The van der Waals surface area contributed by atoms with Gasteiger partial charge in [0.25, 0.3) is 0 Å². The fourth-order valence-electron chi connectivity index (χ4n) is 3.41. The minimum absolute atomic E-state index is 0.0213. The van der Waals surface area contributed by atoms with Gasteiger partial charge in [-0.2, -0.15) is 8.78 Å². The zero-order chi connectivity index (χ0) is 21.0. The summed E-state index contributed by atoms with van der Waals surface area (Å²) in [5.41, 5.74) is 1.40. The molecule has 1 atom stereocenters. The molecule has 3 rings (SSSR count). The van der Waals surface area contributed by atoms with Crippen LogP contribution in [0.3, 0.4) is 0 Å². The van der Waals surface area contributed by atoms with Crippen molar-refractivity contribution in [2.75, 3.05) is 11.9 Å². The van der Waals surface area contributed by atoms with Gasteiger partial charge in [0, 0.05) is 23.4 Å². The summed E-state index contributed by atoms with van der Waals surface area (Å²) in [6.45, 7) is 1.39. The molecule has 1 N–H and O–H groups in total. The second-order valence-electron chi connectivity index (χ2n) is 6.77. The number of alkyl halides is 2. The van der Waals surface area contributed by atoms with E-state index in [1.165, 1.54) is 23.5 Å². The third-order valence-corrected chi connectivity index (χ3v) is 5.69. The smallest absolute Gasteiger partial charge is 0.387 e. The fraction of sp³-hybridized carbons (Fsp3) is 0.450. The summed E-state index contributed by atoms with van der Waals surface area (Å²) in [4.78, 5) is 32.0. The van der Waals surface area contributed by atoms with Crippen molar-refractivity contribution < 1.29 is 23.1 Å². The highest BCUT2D eigenvalue weighted by atomic mass is 32.1. The third-order valence-electron chi connectivity index (χ3n) is 4.81. The van der Waals surface area contributed by atoms with E-state index in [9.17, 15) is 18.4 Å². The number of carbonyl (C=O) groups is 2. The van der Waals surface area contributed by atoms with Gasteiger partial charge in [0.2, 0.25) is 11.8 Å². The largest absolute Gasteiger partial charge is 0.435 e. The first-order chi connectivity index (χ1) is 13.9. The van der Waals surface area contributed by atoms with Gasteiger partial charge in [-0.15, -0.1) is 11.3 Å². The van der Waals surface area contributed by atoms with Crippen LogP contribution in [-0.2, 0) is 9.59 Å². The molecule has 1 saturated heterocycles. The van der Waals surface area contributed by atoms with E-state index >= 15 is 0 Å². The molecule has 1 aromatic heterocycles. The molecule has 0 aliphatic carbocycles. The van der Waals surface area contributed by atoms with Gasteiger partial charge in [-0.1, -0.05) is 6.92 Å². The van der Waals surface area contributed by atoms with Crippen molar-refractivity contribution in [3.05, 3.63) is 29.1 Å². The summed E-state index contributed by atoms with van der Waals surface area (Å²) in [6.07, 6.45) is 2.82. The number of hydrogen-bond acceptors (Lipinski definition) is 5. The Morgan fingerprint density at radius 1 is 1.31 bits per heavy atom. The van der Waals surface area contributed by atoms with E-state index in [0.29, 0.717) is 30.2 Å². The van der Waals surface area contributed by atoms with E-state index in [0.717, 1.165) is 23.3 Å². The zero-order valence-corrected chi connectivity index (χ0v) is 17.1. The molecule has 2 heterocycles. The number of amides is 2. The number of likely N-dealkylation sites (tertiary alicyclic amines) is 1. The molecule has 1 aliphatic heterocycles. The Labute approximate surface area is 171 Å². The van der Waals surface area contributed by atoms with Gasteiger partial charge in [0.15, 0.2) is 5.13 Å². The number of halogens is 2. The van der Waals surface area contributed by atoms with Crippen LogP contribution in [0.5, 0.6) is 5.75 Å². The molecule has 29 heavy (non-hydrogen) atoms. The van der Waals surface area contributed by atoms with Gasteiger partial charge in [-0.3, -0.25) is 9.59 Å². The molecule has 1 fully saturated rings. The van der Waals surface area contributed by atoms with Crippen molar-refractivity contribution >= 4 is 28.3 Å². The van der Waals surface area contributed by atoms with Gasteiger partial charge in [-0.25, -0.2) is 4.98 Å². The molecule has 1 aliphatic rings. The monoisotopic (exact) mass is 423 g/mol. The minimum Gasteiger partial charge on any atom is -0.435 e. The van der Waals surface area contributed by atoms with E-state index in [-0.39, 0.29) is 17.6 Å². The quantitative estimate of drug-likeness (QED) is 0.745. The lowest BCUT2D eigenvalue weighted by Gasteiger charge is -2.34. The Kier molecular flexibility index (Phi) is 6.79. The maximum Gasteiger partial charge on any atom is 0.387 e. The number of benzene rings is 1. The van der Waals surface area contributed by atoms with Crippen molar-refractivity contribution in [2.24, 2.45) is 0 Å². The van der Waals surface area contributed by atoms with E-state index < -0.39 is 12.7 Å². The number of piperidine rings is 1. The van der Waals surface area contributed by atoms with Gasteiger partial charge >= 0.3 is 6.61 Å². The first-order valence-electron chi connectivity index (χ1n) is 9.52. The van der Waals surface area contributed by atoms with Crippen molar-refractivity contribution in [3.63, 3.8) is 0 Å². The van der Waals surface area contributed by atoms with Crippen LogP contribution in [0.2, 0.25) is 0 Å². The second-order valence-corrected chi connectivity index (χ2v) is 7.97. The van der Waals surface area contributed by atoms with Gasteiger partial charge < -0.3 is 15.0 Å². The van der Waals surface area contributed by atoms with Crippen molar-refractivity contribution in [1.29, 1.82) is 0 Å². The van der Waals surface area contributed by atoms with E-state index in [1.54, 1.807) is 24.0 Å². The van der Waals surface area contributed by atoms with Crippen molar-refractivity contribution in [3.8, 4) is 17.0 Å². The molecule has 1 unspecified atom stereocenters. The highest BCUT2D eigenvalue weighted by molar-refractivity contribution is 7.16. The highest BCUT2D eigenvalue weighted by Gasteiger charge is 2.31. The number of aromatic nitrogens is 1. The van der Waals surface area contributed by atoms with E-state index in [1.807, 2.05) is 6.92 Å². The summed E-state index contributed by atoms with van der Waals surface area (Å²) in [7, 11) is 0. The number of rotatable bonds is 6. The molecular formula is C20H23F2N3O3S. The number of aryl methyl sites for hydroxylation is 1. The van der Waals surface area contributed by atoms with Crippen molar-refractivity contribution in [2.45, 2.75) is 52.2 Å². The fourth-order valence-corrected chi connectivity index (χ4v) is 4.25. The lowest BCUT2D eigenvalue weighted by atomic mass is 10.0. The predicted octanol–water partition coefficient (Wildman–Crippen LogP) is 4.45. The molecule has 1 aromatic carbocycles. The van der Waals surface area contributed by atoms with Crippen LogP contribution < -0.4 is 10.1 Å². The Hall–Kier alpha value is -2.55. The van der Waals surface area contributed by atoms with Crippen LogP contribution in [0.1, 0.15) is 37.5 Å². The van der Waals surface area contributed by atoms with Gasteiger partial charge in [0.1, 0.15) is 11.8 Å². The molecule has 2 amide bonds. The number of nitrogens with zero attached hydrogens (tertiary/aromatic N) is 2. The standard InChI is InChI=1S/C20H23F2N3O3S/c1-3-16(26)25-11-5-4-6-15(25)18(27)24-20-23-17(12(2)29-20)13-7-9-14(10-8-13)28-19(21)22/h7-10,15,19H,3-6,11H2,1-2H3,(H,23,24,27).